The van der Waals surface area contributed by atoms with Gasteiger partial charge in [-0.25, -0.2) is 0 Å². The van der Waals surface area contributed by atoms with Crippen LogP contribution >= 0.6 is 0 Å². The van der Waals surface area contributed by atoms with Crippen molar-refractivity contribution < 1.29 is 19.8 Å². The van der Waals surface area contributed by atoms with E-state index in [2.05, 4.69) is 20.8 Å². The molecule has 0 aromatic heterocycles. The average Bonchev–Trinajstić information content (AvgIpc) is 3.06. The second kappa shape index (κ2) is 8.32. The van der Waals surface area contributed by atoms with Crippen molar-refractivity contribution in [2.24, 2.45) is 46.3 Å². The number of carbonyl (C=O) groups is 2. The summed E-state index contributed by atoms with van der Waals surface area (Å²) in [4.78, 5) is 24.5. The SMILES string of the molecule is CC(CCCC(C)C1CCC2C3C(=O)C=C4CC(O)CCC4(C)C3CCC12C)C(=O)O. The summed E-state index contributed by atoms with van der Waals surface area (Å²) in [7, 11) is 0. The lowest BCUT2D eigenvalue weighted by atomic mass is 9.46. The van der Waals surface area contributed by atoms with Crippen LogP contribution in [0.1, 0.15) is 91.9 Å². The number of hydrogen-bond acceptors (Lipinski definition) is 3. The normalized spacial score (nSPS) is 44.0. The minimum atomic E-state index is -0.689. The third kappa shape index (κ3) is 3.81. The van der Waals surface area contributed by atoms with E-state index < -0.39 is 5.97 Å². The fourth-order valence-corrected chi connectivity index (χ4v) is 8.43. The second-order valence-electron chi connectivity index (χ2n) is 12.0. The van der Waals surface area contributed by atoms with Crippen molar-refractivity contribution in [3.63, 3.8) is 0 Å². The minimum Gasteiger partial charge on any atom is -0.481 e. The van der Waals surface area contributed by atoms with Crippen molar-refractivity contribution in [1.29, 1.82) is 0 Å². The molecule has 3 saturated carbocycles. The van der Waals surface area contributed by atoms with Gasteiger partial charge in [-0.3, -0.25) is 9.59 Å². The molecule has 4 aliphatic carbocycles. The van der Waals surface area contributed by atoms with Gasteiger partial charge in [0.15, 0.2) is 5.78 Å². The molecule has 0 aromatic rings. The lowest BCUT2D eigenvalue weighted by molar-refractivity contribution is -0.141. The largest absolute Gasteiger partial charge is 0.481 e. The Bertz CT molecular complexity index is 756. The molecule has 4 heteroatoms. The lowest BCUT2D eigenvalue weighted by Crippen LogP contribution is -2.53. The van der Waals surface area contributed by atoms with Crippen LogP contribution in [-0.4, -0.2) is 28.1 Å². The van der Waals surface area contributed by atoms with Crippen LogP contribution in [0.25, 0.3) is 0 Å². The highest BCUT2D eigenvalue weighted by atomic mass is 16.4. The van der Waals surface area contributed by atoms with E-state index in [0.29, 0.717) is 35.9 Å². The summed E-state index contributed by atoms with van der Waals surface area (Å²) >= 11 is 0. The van der Waals surface area contributed by atoms with E-state index in [0.717, 1.165) is 44.9 Å². The molecule has 0 spiro atoms. The van der Waals surface area contributed by atoms with Crippen LogP contribution < -0.4 is 0 Å². The van der Waals surface area contributed by atoms with Gasteiger partial charge in [0, 0.05) is 5.92 Å². The maximum absolute atomic E-state index is 13.4. The fourth-order valence-electron chi connectivity index (χ4n) is 8.43. The zero-order valence-corrected chi connectivity index (χ0v) is 19.9. The third-order valence-corrected chi connectivity index (χ3v) is 10.4. The average molecular weight is 431 g/mol. The van der Waals surface area contributed by atoms with Gasteiger partial charge in [-0.1, -0.05) is 46.1 Å². The van der Waals surface area contributed by atoms with E-state index >= 15 is 0 Å². The molecule has 4 nitrogen and oxygen atoms in total. The van der Waals surface area contributed by atoms with Crippen molar-refractivity contribution in [2.45, 2.75) is 98.0 Å². The molecular weight excluding hydrogens is 388 g/mol. The monoisotopic (exact) mass is 430 g/mol. The highest BCUT2D eigenvalue weighted by molar-refractivity contribution is 5.94. The number of aliphatic carboxylic acids is 1. The summed E-state index contributed by atoms with van der Waals surface area (Å²) in [5, 5.41) is 19.3. The summed E-state index contributed by atoms with van der Waals surface area (Å²) in [6.45, 7) is 9.00. The van der Waals surface area contributed by atoms with E-state index in [1.807, 2.05) is 13.0 Å². The Morgan fingerprint density at radius 1 is 1.10 bits per heavy atom. The van der Waals surface area contributed by atoms with Gasteiger partial charge in [0.25, 0.3) is 0 Å². The highest BCUT2D eigenvalue weighted by Gasteiger charge is 2.61. The highest BCUT2D eigenvalue weighted by Crippen LogP contribution is 2.66. The smallest absolute Gasteiger partial charge is 0.306 e. The van der Waals surface area contributed by atoms with Gasteiger partial charge < -0.3 is 10.2 Å². The number of carboxylic acids is 1. The molecule has 0 radical (unpaired) electrons. The standard InChI is InChI=1S/C27H42O4/c1-16(6-5-7-17(2)25(30)31)20-8-9-21-24-22(11-13-27(20,21)4)26(3)12-10-19(28)14-18(26)15-23(24)29/h15-17,19-22,24,28H,5-14H2,1-4H3,(H,30,31). The first-order chi connectivity index (χ1) is 14.6. The predicted molar refractivity (Wildman–Crippen MR) is 121 cm³/mol. The number of allylic oxidation sites excluding steroid dienone is 1. The number of rotatable bonds is 6. The molecule has 31 heavy (non-hydrogen) atoms. The van der Waals surface area contributed by atoms with Crippen LogP contribution in [0.15, 0.2) is 11.6 Å². The molecule has 2 N–H and O–H groups in total. The van der Waals surface area contributed by atoms with Crippen LogP contribution in [0.3, 0.4) is 0 Å². The molecule has 3 fully saturated rings. The Labute approximate surface area is 187 Å². The number of hydrogen-bond donors (Lipinski definition) is 2. The van der Waals surface area contributed by atoms with Crippen molar-refractivity contribution in [3.05, 3.63) is 11.6 Å². The lowest BCUT2D eigenvalue weighted by Gasteiger charge is -2.57. The molecule has 0 amide bonds. The van der Waals surface area contributed by atoms with E-state index in [1.165, 1.54) is 18.4 Å². The van der Waals surface area contributed by atoms with E-state index in [1.54, 1.807) is 0 Å². The van der Waals surface area contributed by atoms with Gasteiger partial charge in [-0.15, -0.1) is 0 Å². The molecule has 4 rings (SSSR count). The molecule has 9 unspecified atom stereocenters. The first-order valence-electron chi connectivity index (χ1n) is 12.7. The fraction of sp³-hybridized carbons (Fsp3) is 0.852. The molecule has 4 aliphatic rings. The van der Waals surface area contributed by atoms with Gasteiger partial charge in [-0.05, 0) is 91.9 Å². The number of fused-ring (bicyclic) bond motifs is 5. The Hall–Kier alpha value is -1.16. The number of ketones is 1. The quantitative estimate of drug-likeness (QED) is 0.572. The summed E-state index contributed by atoms with van der Waals surface area (Å²) in [6, 6.07) is 0. The first kappa shape index (κ1) is 23.0. The number of carboxylic acid groups (broad SMARTS) is 1. The van der Waals surface area contributed by atoms with Gasteiger partial charge in [-0.2, -0.15) is 0 Å². The van der Waals surface area contributed by atoms with Crippen molar-refractivity contribution in [3.8, 4) is 0 Å². The molecule has 174 valence electrons. The van der Waals surface area contributed by atoms with Crippen LogP contribution in [0, 0.1) is 46.3 Å². The predicted octanol–water partition coefficient (Wildman–Crippen LogP) is 5.63. The van der Waals surface area contributed by atoms with Gasteiger partial charge in [0.1, 0.15) is 0 Å². The maximum Gasteiger partial charge on any atom is 0.306 e. The van der Waals surface area contributed by atoms with Gasteiger partial charge >= 0.3 is 5.97 Å². The van der Waals surface area contributed by atoms with Crippen LogP contribution in [0.5, 0.6) is 0 Å². The molecule has 0 heterocycles. The summed E-state index contributed by atoms with van der Waals surface area (Å²) < 4.78 is 0. The summed E-state index contributed by atoms with van der Waals surface area (Å²) in [5.74, 6) is 1.69. The van der Waals surface area contributed by atoms with Crippen molar-refractivity contribution in [1.82, 2.24) is 0 Å². The third-order valence-electron chi connectivity index (χ3n) is 10.4. The van der Waals surface area contributed by atoms with Gasteiger partial charge in [0.05, 0.1) is 12.0 Å². The van der Waals surface area contributed by atoms with Crippen LogP contribution in [0.2, 0.25) is 0 Å². The minimum absolute atomic E-state index is 0.0931. The van der Waals surface area contributed by atoms with Gasteiger partial charge in [0.2, 0.25) is 0 Å². The molecule has 0 bridgehead atoms. The number of aliphatic hydroxyl groups is 1. The molecular formula is C27H42O4. The zero-order valence-electron chi connectivity index (χ0n) is 19.9. The molecule has 0 saturated heterocycles. The van der Waals surface area contributed by atoms with Crippen LogP contribution in [0.4, 0.5) is 0 Å². The van der Waals surface area contributed by atoms with E-state index in [-0.39, 0.29) is 28.8 Å². The zero-order chi connectivity index (χ0) is 22.6. The maximum atomic E-state index is 13.4. The van der Waals surface area contributed by atoms with Crippen LogP contribution in [-0.2, 0) is 9.59 Å². The molecule has 0 aliphatic heterocycles. The number of carbonyl (C=O) groups excluding carboxylic acids is 1. The second-order valence-corrected chi connectivity index (χ2v) is 12.0. The Kier molecular flexibility index (Phi) is 6.17. The topological polar surface area (TPSA) is 74.6 Å². The Balaban J connectivity index is 1.49. The van der Waals surface area contributed by atoms with Crippen molar-refractivity contribution >= 4 is 11.8 Å². The molecule has 0 aromatic carbocycles. The Morgan fingerprint density at radius 2 is 1.84 bits per heavy atom. The van der Waals surface area contributed by atoms with E-state index in [4.69, 9.17) is 5.11 Å². The number of aliphatic hydroxyl groups excluding tert-OH is 1. The summed E-state index contributed by atoms with van der Waals surface area (Å²) in [5.41, 5.74) is 1.54. The van der Waals surface area contributed by atoms with E-state index in [9.17, 15) is 14.7 Å². The Morgan fingerprint density at radius 3 is 2.55 bits per heavy atom. The first-order valence-corrected chi connectivity index (χ1v) is 12.7. The molecule has 9 atom stereocenters. The van der Waals surface area contributed by atoms with Crippen molar-refractivity contribution in [2.75, 3.05) is 0 Å². The summed E-state index contributed by atoms with van der Waals surface area (Å²) in [6.07, 6.45) is 11.7.